The van der Waals surface area contributed by atoms with Crippen LogP contribution in [0, 0.1) is 10.1 Å². The second-order valence-electron chi connectivity index (χ2n) is 5.57. The number of amides is 3. The molecule has 2 rings (SSSR count). The number of carbonyl (C=O) groups excluding carboxylic acids is 3. The van der Waals surface area contributed by atoms with Gasteiger partial charge in [-0.3, -0.25) is 24.5 Å². The van der Waals surface area contributed by atoms with Gasteiger partial charge < -0.3 is 16.0 Å². The van der Waals surface area contributed by atoms with Gasteiger partial charge >= 0.3 is 0 Å². The molecular formula is C18H18N4O5. The Hall–Kier alpha value is -3.75. The summed E-state index contributed by atoms with van der Waals surface area (Å²) in [5, 5.41) is 18.5. The van der Waals surface area contributed by atoms with E-state index < -0.39 is 4.92 Å². The first-order valence-electron chi connectivity index (χ1n) is 8.05. The van der Waals surface area contributed by atoms with Crippen molar-refractivity contribution >= 4 is 29.1 Å². The number of carbonyl (C=O) groups is 3. The summed E-state index contributed by atoms with van der Waals surface area (Å²) in [4.78, 5) is 45.0. The van der Waals surface area contributed by atoms with Crippen LogP contribution < -0.4 is 16.0 Å². The first-order chi connectivity index (χ1) is 12.9. The molecule has 9 nitrogen and oxygen atoms in total. The summed E-state index contributed by atoms with van der Waals surface area (Å²) in [7, 11) is 0. The molecule has 0 aliphatic carbocycles. The van der Waals surface area contributed by atoms with E-state index in [2.05, 4.69) is 16.0 Å². The Balaban J connectivity index is 1.77. The number of rotatable bonds is 7. The average Bonchev–Trinajstić information content (AvgIpc) is 2.65. The van der Waals surface area contributed by atoms with E-state index in [0.717, 1.165) is 0 Å². The lowest BCUT2D eigenvalue weighted by molar-refractivity contribution is -0.384. The minimum absolute atomic E-state index is 0.0941. The van der Waals surface area contributed by atoms with Crippen LogP contribution in [0.1, 0.15) is 27.6 Å². The third kappa shape index (κ3) is 5.92. The van der Waals surface area contributed by atoms with Gasteiger partial charge in [-0.05, 0) is 36.4 Å². The van der Waals surface area contributed by atoms with Gasteiger partial charge in [0.25, 0.3) is 17.5 Å². The van der Waals surface area contributed by atoms with E-state index in [-0.39, 0.29) is 36.5 Å². The van der Waals surface area contributed by atoms with E-state index in [1.165, 1.54) is 31.2 Å². The first kappa shape index (κ1) is 19.6. The summed E-state index contributed by atoms with van der Waals surface area (Å²) >= 11 is 0. The highest BCUT2D eigenvalue weighted by atomic mass is 16.6. The Morgan fingerprint density at radius 1 is 0.852 bits per heavy atom. The number of non-ortho nitro benzene ring substituents is 1. The van der Waals surface area contributed by atoms with Gasteiger partial charge in [-0.15, -0.1) is 0 Å². The van der Waals surface area contributed by atoms with Gasteiger partial charge in [-0.2, -0.15) is 0 Å². The van der Waals surface area contributed by atoms with E-state index >= 15 is 0 Å². The molecule has 0 atom stereocenters. The van der Waals surface area contributed by atoms with Crippen LogP contribution >= 0.6 is 0 Å². The summed E-state index contributed by atoms with van der Waals surface area (Å²) < 4.78 is 0. The van der Waals surface area contributed by atoms with Crippen molar-refractivity contribution in [1.29, 1.82) is 0 Å². The monoisotopic (exact) mass is 370 g/mol. The van der Waals surface area contributed by atoms with E-state index in [1.54, 1.807) is 24.3 Å². The van der Waals surface area contributed by atoms with Crippen LogP contribution in [-0.4, -0.2) is 35.7 Å². The van der Waals surface area contributed by atoms with Crippen LogP contribution in [0.3, 0.4) is 0 Å². The predicted octanol–water partition coefficient (Wildman–Crippen LogP) is 1.71. The Morgan fingerprint density at radius 3 is 1.70 bits per heavy atom. The lowest BCUT2D eigenvalue weighted by Crippen LogP contribution is -2.34. The van der Waals surface area contributed by atoms with Crippen LogP contribution in [0.15, 0.2) is 48.5 Å². The molecule has 0 saturated carbocycles. The summed E-state index contributed by atoms with van der Waals surface area (Å²) in [5.41, 5.74) is 1.21. The van der Waals surface area contributed by atoms with Crippen molar-refractivity contribution < 1.29 is 19.3 Å². The Labute approximate surface area is 154 Å². The fourth-order valence-electron chi connectivity index (χ4n) is 2.20. The highest BCUT2D eigenvalue weighted by Crippen LogP contribution is 2.11. The quantitative estimate of drug-likeness (QED) is 0.388. The van der Waals surface area contributed by atoms with E-state index in [4.69, 9.17) is 0 Å². The number of nitro benzene ring substituents is 1. The van der Waals surface area contributed by atoms with Crippen LogP contribution in [0.25, 0.3) is 0 Å². The Kier molecular flexibility index (Phi) is 6.59. The molecule has 0 fully saturated rings. The van der Waals surface area contributed by atoms with Crippen molar-refractivity contribution in [1.82, 2.24) is 10.6 Å². The van der Waals surface area contributed by atoms with Crippen molar-refractivity contribution in [2.75, 3.05) is 18.4 Å². The van der Waals surface area contributed by atoms with Gasteiger partial charge in [0.2, 0.25) is 5.91 Å². The smallest absolute Gasteiger partial charge is 0.269 e. The molecule has 0 radical (unpaired) electrons. The highest BCUT2D eigenvalue weighted by molar-refractivity contribution is 5.96. The fourth-order valence-corrected chi connectivity index (χ4v) is 2.20. The van der Waals surface area contributed by atoms with Gasteiger partial charge in [0, 0.05) is 49.0 Å². The highest BCUT2D eigenvalue weighted by Gasteiger charge is 2.09. The van der Waals surface area contributed by atoms with E-state index in [1.807, 2.05) is 0 Å². The van der Waals surface area contributed by atoms with Crippen molar-refractivity contribution in [3.05, 3.63) is 69.8 Å². The lowest BCUT2D eigenvalue weighted by atomic mass is 10.2. The zero-order valence-corrected chi connectivity index (χ0v) is 14.5. The van der Waals surface area contributed by atoms with Gasteiger partial charge in [0.05, 0.1) is 4.92 Å². The first-order valence-corrected chi connectivity index (χ1v) is 8.05. The topological polar surface area (TPSA) is 130 Å². The zero-order chi connectivity index (χ0) is 19.8. The molecule has 0 spiro atoms. The van der Waals surface area contributed by atoms with Crippen molar-refractivity contribution in [2.45, 2.75) is 6.92 Å². The number of benzene rings is 2. The molecule has 9 heteroatoms. The molecule has 2 aromatic carbocycles. The van der Waals surface area contributed by atoms with Gasteiger partial charge in [0.1, 0.15) is 0 Å². The SMILES string of the molecule is CC(=O)Nc1ccc(C(=O)NCCNC(=O)c2ccc([N+](=O)[O-])cc2)cc1. The molecule has 3 amide bonds. The Bertz CT molecular complexity index is 847. The molecule has 0 bridgehead atoms. The standard InChI is InChI=1S/C18H18N4O5/c1-12(23)21-15-6-2-13(3-7-15)17(24)19-10-11-20-18(25)14-4-8-16(9-5-14)22(26)27/h2-9H,10-11H2,1H3,(H,19,24)(H,20,25)(H,21,23). The van der Waals surface area contributed by atoms with Crippen LogP contribution in [-0.2, 0) is 4.79 Å². The minimum atomic E-state index is -0.542. The van der Waals surface area contributed by atoms with Crippen LogP contribution in [0.5, 0.6) is 0 Å². The lowest BCUT2D eigenvalue weighted by Gasteiger charge is -2.08. The maximum absolute atomic E-state index is 12.0. The number of anilines is 1. The summed E-state index contributed by atoms with van der Waals surface area (Å²) in [5.74, 6) is -0.899. The van der Waals surface area contributed by atoms with Crippen molar-refractivity contribution in [3.63, 3.8) is 0 Å². The molecule has 0 aliphatic heterocycles. The minimum Gasteiger partial charge on any atom is -0.350 e. The zero-order valence-electron chi connectivity index (χ0n) is 14.5. The van der Waals surface area contributed by atoms with Crippen molar-refractivity contribution in [3.8, 4) is 0 Å². The second-order valence-corrected chi connectivity index (χ2v) is 5.57. The van der Waals surface area contributed by atoms with E-state index in [0.29, 0.717) is 16.8 Å². The van der Waals surface area contributed by atoms with Crippen LogP contribution in [0.2, 0.25) is 0 Å². The maximum Gasteiger partial charge on any atom is 0.269 e. The summed E-state index contributed by atoms with van der Waals surface area (Å²) in [6.45, 7) is 1.81. The second kappa shape index (κ2) is 9.09. The number of nitrogens with one attached hydrogen (secondary N) is 3. The number of hydrogen-bond donors (Lipinski definition) is 3. The molecule has 0 saturated heterocycles. The molecule has 140 valence electrons. The third-order valence-corrected chi connectivity index (χ3v) is 3.50. The van der Waals surface area contributed by atoms with Crippen molar-refractivity contribution in [2.24, 2.45) is 0 Å². The summed E-state index contributed by atoms with van der Waals surface area (Å²) in [6, 6.07) is 11.6. The van der Waals surface area contributed by atoms with Gasteiger partial charge in [0.15, 0.2) is 0 Å². The van der Waals surface area contributed by atoms with E-state index in [9.17, 15) is 24.5 Å². The summed E-state index contributed by atoms with van der Waals surface area (Å²) in [6.07, 6.45) is 0. The molecule has 0 aliphatic rings. The Morgan fingerprint density at radius 2 is 1.30 bits per heavy atom. The number of nitrogens with zero attached hydrogens (tertiary/aromatic N) is 1. The molecular weight excluding hydrogens is 352 g/mol. The fraction of sp³-hybridized carbons (Fsp3) is 0.167. The average molecular weight is 370 g/mol. The molecule has 2 aromatic rings. The molecule has 0 unspecified atom stereocenters. The molecule has 0 heterocycles. The van der Waals surface area contributed by atoms with Gasteiger partial charge in [-0.1, -0.05) is 0 Å². The third-order valence-electron chi connectivity index (χ3n) is 3.50. The molecule has 0 aromatic heterocycles. The predicted molar refractivity (Wildman–Crippen MR) is 98.5 cm³/mol. The maximum atomic E-state index is 12.0. The van der Waals surface area contributed by atoms with Gasteiger partial charge in [-0.25, -0.2) is 0 Å². The largest absolute Gasteiger partial charge is 0.350 e. The number of hydrogen-bond acceptors (Lipinski definition) is 5. The molecule has 3 N–H and O–H groups in total. The number of nitro groups is 1. The normalized spacial score (nSPS) is 9.96. The molecule has 27 heavy (non-hydrogen) atoms. The van der Waals surface area contributed by atoms with Crippen LogP contribution in [0.4, 0.5) is 11.4 Å².